The number of phenols is 1. The van der Waals surface area contributed by atoms with Gasteiger partial charge in [-0.25, -0.2) is 4.79 Å². The molecule has 2 aromatic heterocycles. The van der Waals surface area contributed by atoms with E-state index in [4.69, 9.17) is 9.15 Å². The summed E-state index contributed by atoms with van der Waals surface area (Å²) in [6.45, 7) is 1.62. The minimum atomic E-state index is -1.02. The zero-order valence-corrected chi connectivity index (χ0v) is 13.2. The van der Waals surface area contributed by atoms with Gasteiger partial charge < -0.3 is 19.4 Å². The fraction of sp³-hybridized carbons (Fsp3) is 0.0526. The van der Waals surface area contributed by atoms with Gasteiger partial charge in [-0.15, -0.1) is 0 Å². The van der Waals surface area contributed by atoms with E-state index in [0.29, 0.717) is 33.7 Å². The van der Waals surface area contributed by atoms with Crippen LogP contribution in [0.3, 0.4) is 0 Å². The lowest BCUT2D eigenvalue weighted by Crippen LogP contribution is -1.96. The number of pyridine rings is 1. The highest BCUT2D eigenvalue weighted by molar-refractivity contribution is 6.03. The van der Waals surface area contributed by atoms with Crippen molar-refractivity contribution in [3.8, 4) is 17.2 Å². The number of nitrogens with zero attached hydrogens (tertiary/aromatic N) is 1. The number of benzene rings is 2. The van der Waals surface area contributed by atoms with Crippen LogP contribution in [-0.4, -0.2) is 21.2 Å². The number of rotatable bonds is 3. The monoisotopic (exact) mass is 335 g/mol. The number of fused-ring (bicyclic) bond motifs is 2. The van der Waals surface area contributed by atoms with Crippen molar-refractivity contribution in [3.63, 3.8) is 0 Å². The number of aromatic nitrogens is 1. The predicted octanol–water partition coefficient (Wildman–Crippen LogP) is 4.49. The highest BCUT2D eigenvalue weighted by atomic mass is 16.5. The van der Waals surface area contributed by atoms with Crippen molar-refractivity contribution in [3.05, 3.63) is 60.0 Å². The Morgan fingerprint density at radius 3 is 2.72 bits per heavy atom. The molecule has 0 amide bonds. The third-order valence-corrected chi connectivity index (χ3v) is 3.97. The second-order valence-electron chi connectivity index (χ2n) is 5.61. The molecule has 0 radical (unpaired) electrons. The van der Waals surface area contributed by atoms with E-state index in [2.05, 4.69) is 4.98 Å². The van der Waals surface area contributed by atoms with Crippen LogP contribution in [0.25, 0.3) is 21.9 Å². The quantitative estimate of drug-likeness (QED) is 0.573. The number of aromatic hydroxyl groups is 1. The standard InChI is InChI=1S/C19H13NO5/c1-10-18(19(22)23)14-5-3-12(9-17(14)24-10)25-16-6-7-20-15-8-11(21)2-4-13(15)16/h2-9,21H,1H3,(H,22,23). The summed E-state index contributed by atoms with van der Waals surface area (Å²) in [6, 6.07) is 11.6. The molecule has 124 valence electrons. The smallest absolute Gasteiger partial charge is 0.339 e. The number of aryl methyl sites for hydroxylation is 1. The number of ether oxygens (including phenoxy) is 1. The molecule has 0 bridgehead atoms. The Morgan fingerprint density at radius 1 is 1.12 bits per heavy atom. The van der Waals surface area contributed by atoms with Gasteiger partial charge in [0.2, 0.25) is 0 Å². The first kappa shape index (κ1) is 15.0. The van der Waals surface area contributed by atoms with Crippen LogP contribution in [0.1, 0.15) is 16.1 Å². The van der Waals surface area contributed by atoms with E-state index >= 15 is 0 Å². The van der Waals surface area contributed by atoms with Crippen molar-refractivity contribution in [1.82, 2.24) is 4.98 Å². The van der Waals surface area contributed by atoms with Crippen LogP contribution in [0.5, 0.6) is 17.2 Å². The van der Waals surface area contributed by atoms with Crippen LogP contribution in [-0.2, 0) is 0 Å². The molecular formula is C19H13NO5. The largest absolute Gasteiger partial charge is 0.508 e. The molecule has 2 N–H and O–H groups in total. The molecule has 0 atom stereocenters. The molecule has 4 rings (SSSR count). The van der Waals surface area contributed by atoms with Crippen molar-refractivity contribution in [2.75, 3.05) is 0 Å². The number of carboxylic acids is 1. The highest BCUT2D eigenvalue weighted by Gasteiger charge is 2.18. The maximum atomic E-state index is 11.3. The molecule has 2 aromatic carbocycles. The molecule has 0 aliphatic carbocycles. The second-order valence-corrected chi connectivity index (χ2v) is 5.61. The highest BCUT2D eigenvalue weighted by Crippen LogP contribution is 2.33. The molecule has 0 unspecified atom stereocenters. The molecule has 6 heteroatoms. The lowest BCUT2D eigenvalue weighted by molar-refractivity contribution is 0.0697. The van der Waals surface area contributed by atoms with Crippen molar-refractivity contribution >= 4 is 27.8 Å². The lowest BCUT2D eigenvalue weighted by Gasteiger charge is -2.08. The third kappa shape index (κ3) is 2.53. The number of hydrogen-bond acceptors (Lipinski definition) is 5. The van der Waals surface area contributed by atoms with Gasteiger partial charge in [-0.2, -0.15) is 0 Å². The first-order valence-corrected chi connectivity index (χ1v) is 7.55. The van der Waals surface area contributed by atoms with E-state index in [9.17, 15) is 15.0 Å². The molecule has 0 spiro atoms. The summed E-state index contributed by atoms with van der Waals surface area (Å²) in [7, 11) is 0. The molecule has 0 saturated carbocycles. The summed E-state index contributed by atoms with van der Waals surface area (Å²) in [5, 5.41) is 20.1. The van der Waals surface area contributed by atoms with Gasteiger partial charge in [0.05, 0.1) is 5.52 Å². The molecule has 6 nitrogen and oxygen atoms in total. The van der Waals surface area contributed by atoms with Gasteiger partial charge in [0.1, 0.15) is 34.2 Å². The average Bonchev–Trinajstić information content (AvgIpc) is 2.90. The van der Waals surface area contributed by atoms with Crippen LogP contribution in [0.4, 0.5) is 0 Å². The third-order valence-electron chi connectivity index (χ3n) is 3.97. The van der Waals surface area contributed by atoms with E-state index in [1.807, 2.05) is 0 Å². The van der Waals surface area contributed by atoms with Crippen LogP contribution in [0.2, 0.25) is 0 Å². The Kier molecular flexibility index (Phi) is 3.32. The van der Waals surface area contributed by atoms with E-state index in [1.54, 1.807) is 55.6 Å². The van der Waals surface area contributed by atoms with Gasteiger partial charge >= 0.3 is 5.97 Å². The number of aromatic carboxylic acids is 1. The first-order valence-electron chi connectivity index (χ1n) is 7.55. The molecule has 25 heavy (non-hydrogen) atoms. The van der Waals surface area contributed by atoms with Crippen molar-refractivity contribution in [1.29, 1.82) is 0 Å². The molecule has 2 heterocycles. The van der Waals surface area contributed by atoms with Crippen LogP contribution >= 0.6 is 0 Å². The van der Waals surface area contributed by atoms with Crippen molar-refractivity contribution < 1.29 is 24.2 Å². The average molecular weight is 335 g/mol. The van der Waals surface area contributed by atoms with Gasteiger partial charge in [-0.3, -0.25) is 4.98 Å². The minimum Gasteiger partial charge on any atom is -0.508 e. The zero-order chi connectivity index (χ0) is 17.6. The molecule has 0 fully saturated rings. The summed E-state index contributed by atoms with van der Waals surface area (Å²) in [5.74, 6) is 0.546. The fourth-order valence-corrected chi connectivity index (χ4v) is 2.85. The van der Waals surface area contributed by atoms with Crippen LogP contribution in [0.15, 0.2) is 53.1 Å². The van der Waals surface area contributed by atoms with E-state index in [-0.39, 0.29) is 11.3 Å². The maximum absolute atomic E-state index is 11.3. The molecule has 0 saturated heterocycles. The van der Waals surface area contributed by atoms with E-state index in [1.165, 1.54) is 0 Å². The Hall–Kier alpha value is -3.54. The molecular weight excluding hydrogens is 322 g/mol. The van der Waals surface area contributed by atoms with Crippen molar-refractivity contribution in [2.24, 2.45) is 0 Å². The number of phenolic OH excluding ortho intramolecular Hbond substituents is 1. The van der Waals surface area contributed by atoms with Crippen LogP contribution in [0, 0.1) is 6.92 Å². The number of furan rings is 1. The SMILES string of the molecule is Cc1oc2cc(Oc3ccnc4cc(O)ccc34)ccc2c1C(=O)O. The normalized spacial score (nSPS) is 11.1. The summed E-state index contributed by atoms with van der Waals surface area (Å²) in [4.78, 5) is 15.5. The maximum Gasteiger partial charge on any atom is 0.339 e. The lowest BCUT2D eigenvalue weighted by atomic mass is 10.1. The summed E-state index contributed by atoms with van der Waals surface area (Å²) >= 11 is 0. The zero-order valence-electron chi connectivity index (χ0n) is 13.2. The van der Waals surface area contributed by atoms with E-state index in [0.717, 1.165) is 5.39 Å². The fourth-order valence-electron chi connectivity index (χ4n) is 2.85. The van der Waals surface area contributed by atoms with Gasteiger partial charge in [-0.1, -0.05) is 0 Å². The summed E-state index contributed by atoms with van der Waals surface area (Å²) in [5.41, 5.74) is 1.22. The van der Waals surface area contributed by atoms with Gasteiger partial charge in [0.15, 0.2) is 0 Å². The Morgan fingerprint density at radius 2 is 1.92 bits per heavy atom. The minimum absolute atomic E-state index is 0.130. The summed E-state index contributed by atoms with van der Waals surface area (Å²) < 4.78 is 11.5. The number of carboxylic acid groups (broad SMARTS) is 1. The Balaban J connectivity index is 1.78. The van der Waals surface area contributed by atoms with Gasteiger partial charge in [0.25, 0.3) is 0 Å². The molecule has 0 aliphatic heterocycles. The first-order chi connectivity index (χ1) is 12.0. The molecule has 0 aliphatic rings. The van der Waals surface area contributed by atoms with E-state index < -0.39 is 5.97 Å². The van der Waals surface area contributed by atoms with Gasteiger partial charge in [-0.05, 0) is 37.3 Å². The predicted molar refractivity (Wildman–Crippen MR) is 91.4 cm³/mol. The molecule has 4 aromatic rings. The topological polar surface area (TPSA) is 92.8 Å². The van der Waals surface area contributed by atoms with Crippen LogP contribution < -0.4 is 4.74 Å². The Labute approximate surface area is 141 Å². The number of carbonyl (C=O) groups is 1. The van der Waals surface area contributed by atoms with Crippen molar-refractivity contribution in [2.45, 2.75) is 6.92 Å². The van der Waals surface area contributed by atoms with Gasteiger partial charge in [0, 0.05) is 29.1 Å². The summed E-state index contributed by atoms with van der Waals surface area (Å²) in [6.07, 6.45) is 1.59. The number of hydrogen-bond donors (Lipinski definition) is 2. The second kappa shape index (κ2) is 5.52. The Bertz CT molecular complexity index is 1130.